The van der Waals surface area contributed by atoms with Gasteiger partial charge < -0.3 is 5.32 Å². The van der Waals surface area contributed by atoms with Crippen LogP contribution in [0.4, 0.5) is 4.39 Å². The standard InChI is InChI=1S/C16H17ClFN/c1-11-4-3-5-14(8-11)12(2)19-10-13-6-7-16(18)15(17)9-13/h3-9,12,19H,10H2,1-2H3. The maximum absolute atomic E-state index is 13.1. The second kappa shape index (κ2) is 6.18. The molecular weight excluding hydrogens is 261 g/mol. The van der Waals surface area contributed by atoms with Crippen molar-refractivity contribution in [2.24, 2.45) is 0 Å². The summed E-state index contributed by atoms with van der Waals surface area (Å²) in [5.41, 5.74) is 3.47. The first-order chi connectivity index (χ1) is 9.06. The molecule has 2 aromatic rings. The molecule has 1 nitrogen and oxygen atoms in total. The highest BCUT2D eigenvalue weighted by Gasteiger charge is 2.06. The van der Waals surface area contributed by atoms with E-state index in [1.54, 1.807) is 12.1 Å². The predicted molar refractivity (Wildman–Crippen MR) is 77.8 cm³/mol. The topological polar surface area (TPSA) is 12.0 Å². The maximum Gasteiger partial charge on any atom is 0.141 e. The number of rotatable bonds is 4. The summed E-state index contributed by atoms with van der Waals surface area (Å²) in [5.74, 6) is -0.378. The van der Waals surface area contributed by atoms with Gasteiger partial charge in [0.1, 0.15) is 5.82 Å². The fourth-order valence-electron chi connectivity index (χ4n) is 1.98. The molecule has 0 aliphatic carbocycles. The van der Waals surface area contributed by atoms with E-state index in [0.29, 0.717) is 6.54 Å². The normalized spacial score (nSPS) is 12.4. The molecule has 1 N–H and O–H groups in total. The lowest BCUT2D eigenvalue weighted by Gasteiger charge is -2.15. The van der Waals surface area contributed by atoms with Crippen molar-refractivity contribution in [2.45, 2.75) is 26.4 Å². The Kier molecular flexibility index (Phi) is 4.56. The summed E-state index contributed by atoms with van der Waals surface area (Å²) in [5, 5.41) is 3.58. The zero-order valence-corrected chi connectivity index (χ0v) is 11.8. The molecule has 0 aliphatic rings. The number of halogens is 2. The minimum absolute atomic E-state index is 0.169. The van der Waals surface area contributed by atoms with E-state index in [1.807, 2.05) is 0 Å². The highest BCUT2D eigenvalue weighted by Crippen LogP contribution is 2.18. The minimum atomic E-state index is -0.378. The Hall–Kier alpha value is -1.38. The fourth-order valence-corrected chi connectivity index (χ4v) is 2.18. The van der Waals surface area contributed by atoms with Gasteiger partial charge in [-0.3, -0.25) is 0 Å². The monoisotopic (exact) mass is 277 g/mol. The Labute approximate surface area is 118 Å². The zero-order valence-electron chi connectivity index (χ0n) is 11.1. The molecule has 100 valence electrons. The molecule has 2 rings (SSSR count). The molecule has 0 spiro atoms. The molecule has 3 heteroatoms. The summed E-state index contributed by atoms with van der Waals surface area (Å²) < 4.78 is 13.1. The van der Waals surface area contributed by atoms with Crippen molar-refractivity contribution >= 4 is 11.6 Å². The number of benzene rings is 2. The van der Waals surface area contributed by atoms with Crippen molar-refractivity contribution in [3.05, 3.63) is 70.0 Å². The Morgan fingerprint density at radius 1 is 1.21 bits per heavy atom. The molecule has 0 aliphatic heterocycles. The van der Waals surface area contributed by atoms with Crippen LogP contribution in [-0.4, -0.2) is 0 Å². The smallest absolute Gasteiger partial charge is 0.141 e. The third-order valence-electron chi connectivity index (χ3n) is 3.14. The Morgan fingerprint density at radius 3 is 2.68 bits per heavy atom. The van der Waals surface area contributed by atoms with Gasteiger partial charge in [-0.15, -0.1) is 0 Å². The van der Waals surface area contributed by atoms with E-state index in [4.69, 9.17) is 11.6 Å². The first kappa shape index (κ1) is 14.0. The van der Waals surface area contributed by atoms with Crippen molar-refractivity contribution in [1.29, 1.82) is 0 Å². The van der Waals surface area contributed by atoms with Crippen molar-refractivity contribution < 1.29 is 4.39 Å². The third-order valence-corrected chi connectivity index (χ3v) is 3.43. The number of hydrogen-bond donors (Lipinski definition) is 1. The van der Waals surface area contributed by atoms with Crippen LogP contribution in [0.3, 0.4) is 0 Å². The fraction of sp³-hybridized carbons (Fsp3) is 0.250. The lowest BCUT2D eigenvalue weighted by Crippen LogP contribution is -2.18. The van der Waals surface area contributed by atoms with Gasteiger partial charge in [-0.05, 0) is 37.1 Å². The van der Waals surface area contributed by atoms with Gasteiger partial charge in [0.15, 0.2) is 0 Å². The number of aryl methyl sites for hydroxylation is 1. The molecule has 0 saturated carbocycles. The average molecular weight is 278 g/mol. The highest BCUT2D eigenvalue weighted by atomic mass is 35.5. The summed E-state index contributed by atoms with van der Waals surface area (Å²) in [6, 6.07) is 13.4. The molecular formula is C16H17ClFN. The van der Waals surface area contributed by atoms with Gasteiger partial charge in [0, 0.05) is 12.6 Å². The molecule has 1 unspecified atom stereocenters. The van der Waals surface area contributed by atoms with Gasteiger partial charge >= 0.3 is 0 Å². The van der Waals surface area contributed by atoms with E-state index in [9.17, 15) is 4.39 Å². The van der Waals surface area contributed by atoms with Crippen LogP contribution in [0.2, 0.25) is 5.02 Å². The maximum atomic E-state index is 13.1. The van der Waals surface area contributed by atoms with Gasteiger partial charge in [-0.1, -0.05) is 47.5 Å². The van der Waals surface area contributed by atoms with Crippen LogP contribution in [0.25, 0.3) is 0 Å². The Balaban J connectivity index is 2.00. The van der Waals surface area contributed by atoms with E-state index in [2.05, 4.69) is 43.4 Å². The van der Waals surface area contributed by atoms with Crippen LogP contribution in [0.5, 0.6) is 0 Å². The van der Waals surface area contributed by atoms with Crippen molar-refractivity contribution in [3.8, 4) is 0 Å². The number of hydrogen-bond acceptors (Lipinski definition) is 1. The van der Waals surface area contributed by atoms with Crippen molar-refractivity contribution in [2.75, 3.05) is 0 Å². The van der Waals surface area contributed by atoms with Gasteiger partial charge in [-0.25, -0.2) is 4.39 Å². The Bertz CT molecular complexity index is 568. The van der Waals surface area contributed by atoms with E-state index in [-0.39, 0.29) is 16.9 Å². The molecule has 0 fully saturated rings. The van der Waals surface area contributed by atoms with Crippen LogP contribution in [0.1, 0.15) is 29.7 Å². The molecule has 0 aromatic heterocycles. The molecule has 1 atom stereocenters. The molecule has 2 aromatic carbocycles. The molecule has 0 bridgehead atoms. The molecule has 0 saturated heterocycles. The lowest BCUT2D eigenvalue weighted by atomic mass is 10.1. The highest BCUT2D eigenvalue weighted by molar-refractivity contribution is 6.30. The molecule has 0 heterocycles. The summed E-state index contributed by atoms with van der Waals surface area (Å²) in [7, 11) is 0. The predicted octanol–water partition coefficient (Wildman–Crippen LogP) is 4.64. The third kappa shape index (κ3) is 3.79. The summed E-state index contributed by atoms with van der Waals surface area (Å²) in [4.78, 5) is 0. The van der Waals surface area contributed by atoms with Crippen LogP contribution in [-0.2, 0) is 6.54 Å². The first-order valence-electron chi connectivity index (χ1n) is 6.30. The van der Waals surface area contributed by atoms with Crippen molar-refractivity contribution in [3.63, 3.8) is 0 Å². The minimum Gasteiger partial charge on any atom is -0.306 e. The molecule has 19 heavy (non-hydrogen) atoms. The van der Waals surface area contributed by atoms with Gasteiger partial charge in [0.05, 0.1) is 5.02 Å². The average Bonchev–Trinajstić information content (AvgIpc) is 2.40. The summed E-state index contributed by atoms with van der Waals surface area (Å²) in [6.07, 6.45) is 0. The number of nitrogens with one attached hydrogen (secondary N) is 1. The van der Waals surface area contributed by atoms with Gasteiger partial charge in [-0.2, -0.15) is 0 Å². The van der Waals surface area contributed by atoms with E-state index in [1.165, 1.54) is 17.2 Å². The second-order valence-electron chi connectivity index (χ2n) is 4.77. The van der Waals surface area contributed by atoms with Crippen LogP contribution >= 0.6 is 11.6 Å². The largest absolute Gasteiger partial charge is 0.306 e. The lowest BCUT2D eigenvalue weighted by molar-refractivity contribution is 0.572. The van der Waals surface area contributed by atoms with Crippen LogP contribution < -0.4 is 5.32 Å². The molecule has 0 amide bonds. The summed E-state index contributed by atoms with van der Waals surface area (Å²) in [6.45, 7) is 4.85. The van der Waals surface area contributed by atoms with E-state index >= 15 is 0 Å². The summed E-state index contributed by atoms with van der Waals surface area (Å²) >= 11 is 5.76. The quantitative estimate of drug-likeness (QED) is 0.858. The Morgan fingerprint density at radius 2 is 2.00 bits per heavy atom. The van der Waals surface area contributed by atoms with Crippen molar-refractivity contribution in [1.82, 2.24) is 5.32 Å². The van der Waals surface area contributed by atoms with Gasteiger partial charge in [0.2, 0.25) is 0 Å². The SMILES string of the molecule is Cc1cccc(C(C)NCc2ccc(F)c(Cl)c2)c1. The second-order valence-corrected chi connectivity index (χ2v) is 5.17. The van der Waals surface area contributed by atoms with Crippen LogP contribution in [0.15, 0.2) is 42.5 Å². The van der Waals surface area contributed by atoms with Gasteiger partial charge in [0.25, 0.3) is 0 Å². The van der Waals surface area contributed by atoms with E-state index in [0.717, 1.165) is 5.56 Å². The zero-order chi connectivity index (χ0) is 13.8. The van der Waals surface area contributed by atoms with Crippen LogP contribution in [0, 0.1) is 12.7 Å². The first-order valence-corrected chi connectivity index (χ1v) is 6.68. The molecule has 0 radical (unpaired) electrons. The van der Waals surface area contributed by atoms with E-state index < -0.39 is 0 Å².